The third kappa shape index (κ3) is 3.53. The molecule has 6 nitrogen and oxygen atoms in total. The topological polar surface area (TPSA) is 77.0 Å². The van der Waals surface area contributed by atoms with Crippen LogP contribution in [-0.4, -0.2) is 38.7 Å². The molecule has 1 aliphatic heterocycles. The molecule has 2 aliphatic rings. The van der Waals surface area contributed by atoms with Gasteiger partial charge in [-0.3, -0.25) is 19.4 Å². The Morgan fingerprint density at radius 3 is 2.59 bits per heavy atom. The lowest BCUT2D eigenvalue weighted by Gasteiger charge is -2.26. The fraction of sp³-hybridized carbons (Fsp3) is 0.435. The second kappa shape index (κ2) is 7.59. The number of piperidine rings is 1. The largest absolute Gasteiger partial charge is 0.364 e. The van der Waals surface area contributed by atoms with Gasteiger partial charge in [-0.25, -0.2) is 0 Å². The first-order chi connectivity index (χ1) is 14.2. The van der Waals surface area contributed by atoms with Gasteiger partial charge in [0, 0.05) is 29.9 Å². The summed E-state index contributed by atoms with van der Waals surface area (Å²) in [6.07, 6.45) is 11.2. The van der Waals surface area contributed by atoms with Gasteiger partial charge in [0.05, 0.1) is 11.6 Å². The van der Waals surface area contributed by atoms with E-state index in [0.29, 0.717) is 11.7 Å². The summed E-state index contributed by atoms with van der Waals surface area (Å²) in [5.74, 6) is -0.470. The van der Waals surface area contributed by atoms with E-state index in [1.807, 2.05) is 23.1 Å². The number of rotatable bonds is 5. The normalized spacial score (nSPS) is 18.1. The van der Waals surface area contributed by atoms with Gasteiger partial charge < -0.3 is 5.73 Å². The summed E-state index contributed by atoms with van der Waals surface area (Å²) >= 11 is 0. The van der Waals surface area contributed by atoms with Crippen LogP contribution in [0.15, 0.2) is 36.7 Å². The predicted octanol–water partition coefficient (Wildman–Crippen LogP) is 3.91. The summed E-state index contributed by atoms with van der Waals surface area (Å²) < 4.78 is 1.99. The molecule has 1 amide bonds. The van der Waals surface area contributed by atoms with E-state index in [1.165, 1.54) is 44.3 Å². The molecule has 0 bridgehead atoms. The number of fused-ring (bicyclic) bond motifs is 1. The highest BCUT2D eigenvalue weighted by molar-refractivity contribution is 6.05. The lowest BCUT2D eigenvalue weighted by molar-refractivity contribution is 0.0995. The molecule has 150 valence electrons. The summed E-state index contributed by atoms with van der Waals surface area (Å²) in [6, 6.07) is 8.80. The van der Waals surface area contributed by atoms with E-state index in [4.69, 9.17) is 5.73 Å². The number of pyridine rings is 1. The minimum absolute atomic E-state index is 0.367. The molecule has 2 aromatic heterocycles. The number of aromatic nitrogens is 3. The average Bonchev–Trinajstić information content (AvgIpc) is 3.06. The molecule has 2 N–H and O–H groups in total. The average molecular weight is 390 g/mol. The zero-order chi connectivity index (χ0) is 19.8. The molecule has 1 saturated heterocycles. The molecular formula is C23H27N5O. The number of nitrogens with two attached hydrogens (primary N) is 1. The molecule has 0 atom stereocenters. The molecule has 6 heteroatoms. The Kier molecular flexibility index (Phi) is 4.79. The molecule has 5 rings (SSSR count). The lowest BCUT2D eigenvalue weighted by Crippen LogP contribution is -2.29. The molecule has 3 aromatic rings. The zero-order valence-corrected chi connectivity index (χ0v) is 16.7. The Morgan fingerprint density at radius 2 is 1.86 bits per heavy atom. The molecule has 0 radical (unpaired) electrons. The summed E-state index contributed by atoms with van der Waals surface area (Å²) in [4.78, 5) is 19.0. The summed E-state index contributed by atoms with van der Waals surface area (Å²) in [5, 5.41) is 5.40. The SMILES string of the molecule is NC(=O)c1nn(C2CCC2)c2ccc(-c3cncc(CN4CCCCC4)c3)cc12. The van der Waals surface area contributed by atoms with Gasteiger partial charge in [-0.15, -0.1) is 0 Å². The molecule has 2 fully saturated rings. The molecule has 1 saturated carbocycles. The number of nitrogens with zero attached hydrogens (tertiary/aromatic N) is 4. The van der Waals surface area contributed by atoms with Crippen LogP contribution < -0.4 is 5.73 Å². The molecule has 1 aromatic carbocycles. The fourth-order valence-corrected chi connectivity index (χ4v) is 4.52. The van der Waals surface area contributed by atoms with Gasteiger partial charge in [0.2, 0.25) is 0 Å². The van der Waals surface area contributed by atoms with E-state index >= 15 is 0 Å². The highest BCUT2D eigenvalue weighted by Gasteiger charge is 2.25. The fourth-order valence-electron chi connectivity index (χ4n) is 4.52. The number of carbonyl (C=O) groups excluding carboxylic acids is 1. The Hall–Kier alpha value is -2.73. The number of primary amides is 1. The standard InChI is InChI=1S/C23H27N5O/c24-23(29)22-20-12-17(7-8-21(20)28(26-22)19-5-4-6-19)18-11-16(13-25-14-18)15-27-9-2-1-3-10-27/h7-8,11-14,19H,1-6,9-10,15H2,(H2,24,29). The maximum absolute atomic E-state index is 12.0. The van der Waals surface area contributed by atoms with Crippen LogP contribution in [0.1, 0.15) is 60.6 Å². The third-order valence-electron chi connectivity index (χ3n) is 6.34. The van der Waals surface area contributed by atoms with Gasteiger partial charge in [-0.1, -0.05) is 12.5 Å². The predicted molar refractivity (Wildman–Crippen MR) is 113 cm³/mol. The van der Waals surface area contributed by atoms with E-state index in [-0.39, 0.29) is 0 Å². The monoisotopic (exact) mass is 389 g/mol. The number of hydrogen-bond acceptors (Lipinski definition) is 4. The van der Waals surface area contributed by atoms with Crippen molar-refractivity contribution < 1.29 is 4.79 Å². The van der Waals surface area contributed by atoms with Crippen molar-refractivity contribution in [2.45, 2.75) is 51.1 Å². The zero-order valence-electron chi connectivity index (χ0n) is 16.7. The first-order valence-corrected chi connectivity index (χ1v) is 10.7. The maximum Gasteiger partial charge on any atom is 0.269 e. The van der Waals surface area contributed by atoms with E-state index in [0.717, 1.165) is 41.4 Å². The second-order valence-corrected chi connectivity index (χ2v) is 8.39. The number of likely N-dealkylation sites (tertiary alicyclic amines) is 1. The van der Waals surface area contributed by atoms with Gasteiger partial charge in [-0.2, -0.15) is 5.10 Å². The van der Waals surface area contributed by atoms with Crippen LogP contribution in [0.25, 0.3) is 22.0 Å². The number of benzene rings is 1. The smallest absolute Gasteiger partial charge is 0.269 e. The van der Waals surface area contributed by atoms with Crippen molar-refractivity contribution in [1.29, 1.82) is 0 Å². The van der Waals surface area contributed by atoms with Crippen LogP contribution in [0.4, 0.5) is 0 Å². The Balaban J connectivity index is 1.49. The quantitative estimate of drug-likeness (QED) is 0.718. The molecule has 1 aliphatic carbocycles. The summed E-state index contributed by atoms with van der Waals surface area (Å²) in [7, 11) is 0. The van der Waals surface area contributed by atoms with Gasteiger partial charge in [0.1, 0.15) is 0 Å². The Morgan fingerprint density at radius 1 is 1.03 bits per heavy atom. The minimum Gasteiger partial charge on any atom is -0.364 e. The lowest BCUT2D eigenvalue weighted by atomic mass is 9.93. The molecule has 29 heavy (non-hydrogen) atoms. The molecule has 3 heterocycles. The second-order valence-electron chi connectivity index (χ2n) is 8.39. The first-order valence-electron chi connectivity index (χ1n) is 10.7. The van der Waals surface area contributed by atoms with Crippen molar-refractivity contribution in [3.05, 3.63) is 47.9 Å². The van der Waals surface area contributed by atoms with Crippen molar-refractivity contribution in [1.82, 2.24) is 19.7 Å². The van der Waals surface area contributed by atoms with Crippen molar-refractivity contribution in [3.63, 3.8) is 0 Å². The van der Waals surface area contributed by atoms with Gasteiger partial charge in [-0.05, 0) is 74.5 Å². The van der Waals surface area contributed by atoms with E-state index in [2.05, 4.69) is 33.2 Å². The van der Waals surface area contributed by atoms with Crippen LogP contribution in [0.2, 0.25) is 0 Å². The molecule has 0 unspecified atom stereocenters. The molecular weight excluding hydrogens is 362 g/mol. The van der Waals surface area contributed by atoms with E-state index in [1.54, 1.807) is 0 Å². The number of hydrogen-bond donors (Lipinski definition) is 1. The van der Waals surface area contributed by atoms with Crippen LogP contribution in [0, 0.1) is 0 Å². The summed E-state index contributed by atoms with van der Waals surface area (Å²) in [6.45, 7) is 3.27. The van der Waals surface area contributed by atoms with E-state index < -0.39 is 5.91 Å². The third-order valence-corrected chi connectivity index (χ3v) is 6.34. The van der Waals surface area contributed by atoms with Gasteiger partial charge >= 0.3 is 0 Å². The van der Waals surface area contributed by atoms with Crippen molar-refractivity contribution >= 4 is 16.8 Å². The number of carbonyl (C=O) groups is 1. The van der Waals surface area contributed by atoms with Crippen LogP contribution >= 0.6 is 0 Å². The van der Waals surface area contributed by atoms with Gasteiger partial charge in [0.25, 0.3) is 5.91 Å². The minimum atomic E-state index is -0.470. The summed E-state index contributed by atoms with van der Waals surface area (Å²) in [5.41, 5.74) is 10.3. The van der Waals surface area contributed by atoms with Crippen LogP contribution in [-0.2, 0) is 6.54 Å². The van der Waals surface area contributed by atoms with E-state index in [9.17, 15) is 4.79 Å². The Labute approximate surface area is 170 Å². The molecule has 0 spiro atoms. The highest BCUT2D eigenvalue weighted by Crippen LogP contribution is 2.35. The first kappa shape index (κ1) is 18.3. The Bertz CT molecular complexity index is 1050. The van der Waals surface area contributed by atoms with Crippen LogP contribution in [0.3, 0.4) is 0 Å². The number of amides is 1. The van der Waals surface area contributed by atoms with Crippen molar-refractivity contribution in [3.8, 4) is 11.1 Å². The highest BCUT2D eigenvalue weighted by atomic mass is 16.1. The maximum atomic E-state index is 12.0. The van der Waals surface area contributed by atoms with Gasteiger partial charge in [0.15, 0.2) is 5.69 Å². The van der Waals surface area contributed by atoms with Crippen molar-refractivity contribution in [2.24, 2.45) is 5.73 Å². The van der Waals surface area contributed by atoms with Crippen LogP contribution in [0.5, 0.6) is 0 Å². The van der Waals surface area contributed by atoms with Crippen molar-refractivity contribution in [2.75, 3.05) is 13.1 Å².